The minimum atomic E-state index is -0.541. The molecule has 2 aromatic carbocycles. The molecule has 1 saturated heterocycles. The van der Waals surface area contributed by atoms with Crippen LogP contribution in [0.2, 0.25) is 0 Å². The molecule has 1 unspecified atom stereocenters. The molecule has 1 atom stereocenters. The van der Waals surface area contributed by atoms with Gasteiger partial charge in [0.1, 0.15) is 5.75 Å². The van der Waals surface area contributed by atoms with Crippen molar-refractivity contribution in [3.63, 3.8) is 0 Å². The van der Waals surface area contributed by atoms with Crippen LogP contribution in [0.1, 0.15) is 22.3 Å². The van der Waals surface area contributed by atoms with E-state index in [2.05, 4.69) is 10.9 Å². The van der Waals surface area contributed by atoms with Gasteiger partial charge in [-0.1, -0.05) is 24.3 Å². The predicted molar refractivity (Wildman–Crippen MR) is 100 cm³/mol. The molecule has 3 amide bonds. The van der Waals surface area contributed by atoms with Gasteiger partial charge in [0, 0.05) is 30.3 Å². The number of amides is 3. The molecule has 0 aromatic heterocycles. The molecule has 1 aliphatic heterocycles. The Balaban J connectivity index is 1.60. The average molecular weight is 367 g/mol. The summed E-state index contributed by atoms with van der Waals surface area (Å²) in [5, 5.41) is 0. The van der Waals surface area contributed by atoms with E-state index in [1.54, 1.807) is 48.4 Å². The SMILES string of the molecule is COc1cccc(N2CC(C(=O)NNC(=O)c3ccccc3C)CC2=O)c1. The fourth-order valence-corrected chi connectivity index (χ4v) is 3.03. The molecule has 1 fully saturated rings. The molecular weight excluding hydrogens is 346 g/mol. The van der Waals surface area contributed by atoms with Crippen LogP contribution in [0.4, 0.5) is 5.69 Å². The number of benzene rings is 2. The number of hydrogen-bond donors (Lipinski definition) is 2. The number of methoxy groups -OCH3 is 1. The van der Waals surface area contributed by atoms with Crippen molar-refractivity contribution in [1.29, 1.82) is 0 Å². The molecule has 140 valence electrons. The second kappa shape index (κ2) is 7.90. The Bertz CT molecular complexity index is 881. The normalized spacial score (nSPS) is 16.1. The first kappa shape index (κ1) is 18.4. The van der Waals surface area contributed by atoms with Crippen molar-refractivity contribution in [2.75, 3.05) is 18.6 Å². The molecule has 1 heterocycles. The van der Waals surface area contributed by atoms with E-state index in [1.165, 1.54) is 0 Å². The van der Waals surface area contributed by atoms with E-state index in [0.717, 1.165) is 5.56 Å². The van der Waals surface area contributed by atoms with Gasteiger partial charge in [-0.3, -0.25) is 25.2 Å². The van der Waals surface area contributed by atoms with E-state index in [9.17, 15) is 14.4 Å². The summed E-state index contributed by atoms with van der Waals surface area (Å²) >= 11 is 0. The Morgan fingerprint density at radius 1 is 1.11 bits per heavy atom. The standard InChI is InChI=1S/C20H21N3O4/c1-13-6-3-4-9-17(13)20(26)22-21-19(25)14-10-18(24)23(12-14)15-7-5-8-16(11-15)27-2/h3-9,11,14H,10,12H2,1-2H3,(H,21,25)(H,22,26). The highest BCUT2D eigenvalue weighted by Gasteiger charge is 2.35. The lowest BCUT2D eigenvalue weighted by Crippen LogP contribution is -2.45. The number of hydrazine groups is 1. The number of carbonyl (C=O) groups excluding carboxylic acids is 3. The smallest absolute Gasteiger partial charge is 0.269 e. The lowest BCUT2D eigenvalue weighted by molar-refractivity contribution is -0.126. The van der Waals surface area contributed by atoms with Crippen LogP contribution in [0, 0.1) is 12.8 Å². The Morgan fingerprint density at radius 3 is 2.63 bits per heavy atom. The molecule has 0 aliphatic carbocycles. The second-order valence-electron chi connectivity index (χ2n) is 6.37. The molecule has 0 spiro atoms. The number of nitrogens with zero attached hydrogens (tertiary/aromatic N) is 1. The van der Waals surface area contributed by atoms with Crippen LogP contribution in [-0.4, -0.2) is 31.4 Å². The van der Waals surface area contributed by atoms with Crippen molar-refractivity contribution in [2.45, 2.75) is 13.3 Å². The number of hydrogen-bond acceptors (Lipinski definition) is 4. The van der Waals surface area contributed by atoms with Crippen LogP contribution in [0.15, 0.2) is 48.5 Å². The van der Waals surface area contributed by atoms with Gasteiger partial charge in [-0.15, -0.1) is 0 Å². The van der Waals surface area contributed by atoms with Gasteiger partial charge in [-0.25, -0.2) is 0 Å². The summed E-state index contributed by atoms with van der Waals surface area (Å²) in [6, 6.07) is 14.2. The first-order chi connectivity index (χ1) is 13.0. The highest BCUT2D eigenvalue weighted by Crippen LogP contribution is 2.27. The van der Waals surface area contributed by atoms with Gasteiger partial charge in [0.05, 0.1) is 13.0 Å². The largest absolute Gasteiger partial charge is 0.497 e. The zero-order valence-corrected chi connectivity index (χ0v) is 15.2. The van der Waals surface area contributed by atoms with E-state index in [1.807, 2.05) is 19.1 Å². The molecule has 0 saturated carbocycles. The first-order valence-corrected chi connectivity index (χ1v) is 8.60. The monoisotopic (exact) mass is 367 g/mol. The van der Waals surface area contributed by atoms with Crippen LogP contribution < -0.4 is 20.5 Å². The minimum Gasteiger partial charge on any atom is -0.497 e. The fraction of sp³-hybridized carbons (Fsp3) is 0.250. The Morgan fingerprint density at radius 2 is 1.89 bits per heavy atom. The zero-order valence-electron chi connectivity index (χ0n) is 15.2. The zero-order chi connectivity index (χ0) is 19.4. The molecule has 7 heteroatoms. The van der Waals surface area contributed by atoms with Crippen LogP contribution in [0.5, 0.6) is 5.75 Å². The average Bonchev–Trinajstić information content (AvgIpc) is 3.08. The van der Waals surface area contributed by atoms with Crippen molar-refractivity contribution >= 4 is 23.4 Å². The Labute approximate surface area is 157 Å². The maximum absolute atomic E-state index is 12.4. The number of nitrogens with one attached hydrogen (secondary N) is 2. The van der Waals surface area contributed by atoms with Gasteiger partial charge in [-0.05, 0) is 30.7 Å². The highest BCUT2D eigenvalue weighted by molar-refractivity contribution is 6.01. The minimum absolute atomic E-state index is 0.0866. The number of carbonyl (C=O) groups is 3. The van der Waals surface area contributed by atoms with Crippen LogP contribution in [0.3, 0.4) is 0 Å². The van der Waals surface area contributed by atoms with Gasteiger partial charge in [-0.2, -0.15) is 0 Å². The second-order valence-corrected chi connectivity index (χ2v) is 6.37. The van der Waals surface area contributed by atoms with E-state index in [0.29, 0.717) is 17.0 Å². The third kappa shape index (κ3) is 4.08. The number of ether oxygens (including phenoxy) is 1. The summed E-state index contributed by atoms with van der Waals surface area (Å²) in [6.45, 7) is 2.07. The van der Waals surface area contributed by atoms with E-state index in [-0.39, 0.29) is 18.9 Å². The highest BCUT2D eigenvalue weighted by atomic mass is 16.5. The topological polar surface area (TPSA) is 87.7 Å². The third-order valence-electron chi connectivity index (χ3n) is 4.55. The maximum atomic E-state index is 12.4. The quantitative estimate of drug-likeness (QED) is 0.807. The third-order valence-corrected chi connectivity index (χ3v) is 4.55. The predicted octanol–water partition coefficient (Wildman–Crippen LogP) is 1.82. The van der Waals surface area contributed by atoms with Crippen LogP contribution >= 0.6 is 0 Å². The molecule has 0 radical (unpaired) electrons. The van der Waals surface area contributed by atoms with Crippen molar-refractivity contribution in [3.05, 3.63) is 59.7 Å². The van der Waals surface area contributed by atoms with E-state index in [4.69, 9.17) is 4.74 Å². The molecule has 3 rings (SSSR count). The van der Waals surface area contributed by atoms with Gasteiger partial charge in [0.15, 0.2) is 0 Å². The molecular formula is C20H21N3O4. The number of aryl methyl sites for hydroxylation is 1. The Kier molecular flexibility index (Phi) is 5.40. The van der Waals surface area contributed by atoms with Crippen molar-refractivity contribution in [2.24, 2.45) is 5.92 Å². The van der Waals surface area contributed by atoms with Crippen LogP contribution in [-0.2, 0) is 9.59 Å². The maximum Gasteiger partial charge on any atom is 0.269 e. The van der Waals surface area contributed by atoms with Crippen LogP contribution in [0.25, 0.3) is 0 Å². The molecule has 2 aromatic rings. The molecule has 1 aliphatic rings. The summed E-state index contributed by atoms with van der Waals surface area (Å²) in [5.41, 5.74) is 6.81. The lowest BCUT2D eigenvalue weighted by atomic mass is 10.1. The van der Waals surface area contributed by atoms with Gasteiger partial charge in [0.25, 0.3) is 5.91 Å². The van der Waals surface area contributed by atoms with Crippen molar-refractivity contribution in [1.82, 2.24) is 10.9 Å². The Hall–Kier alpha value is -3.35. The van der Waals surface area contributed by atoms with Crippen molar-refractivity contribution in [3.8, 4) is 5.75 Å². The number of anilines is 1. The summed E-state index contributed by atoms with van der Waals surface area (Å²) in [4.78, 5) is 38.4. The van der Waals surface area contributed by atoms with E-state index >= 15 is 0 Å². The number of rotatable bonds is 4. The summed E-state index contributed by atoms with van der Waals surface area (Å²) < 4.78 is 5.18. The van der Waals surface area contributed by atoms with Gasteiger partial charge in [0.2, 0.25) is 11.8 Å². The van der Waals surface area contributed by atoms with Gasteiger partial charge < -0.3 is 9.64 Å². The molecule has 27 heavy (non-hydrogen) atoms. The molecule has 0 bridgehead atoms. The summed E-state index contributed by atoms with van der Waals surface area (Å²) in [7, 11) is 1.55. The summed E-state index contributed by atoms with van der Waals surface area (Å²) in [6.07, 6.45) is 0.0866. The lowest BCUT2D eigenvalue weighted by Gasteiger charge is -2.17. The van der Waals surface area contributed by atoms with E-state index < -0.39 is 17.7 Å². The fourth-order valence-electron chi connectivity index (χ4n) is 3.03. The summed E-state index contributed by atoms with van der Waals surface area (Å²) in [5.74, 6) is -0.834. The first-order valence-electron chi connectivity index (χ1n) is 8.60. The molecule has 2 N–H and O–H groups in total. The molecule has 7 nitrogen and oxygen atoms in total. The van der Waals surface area contributed by atoms with Crippen molar-refractivity contribution < 1.29 is 19.1 Å². The van der Waals surface area contributed by atoms with Gasteiger partial charge >= 0.3 is 0 Å².